The van der Waals surface area contributed by atoms with E-state index in [0.717, 1.165) is 6.42 Å². The molecule has 0 spiro atoms. The van der Waals surface area contributed by atoms with E-state index < -0.39 is 0 Å². The molecule has 2 aromatic rings. The molecule has 17 heavy (non-hydrogen) atoms. The smallest absolute Gasteiger partial charge is 0.287 e. The highest BCUT2D eigenvalue weighted by Gasteiger charge is 2.10. The molecular weight excluding hydrogens is 218 g/mol. The number of carbonyl (C=O) groups is 1. The molecule has 0 atom stereocenters. The first-order chi connectivity index (χ1) is 8.22. The van der Waals surface area contributed by atoms with Crippen LogP contribution in [0.5, 0.6) is 0 Å². The third kappa shape index (κ3) is 2.36. The number of benzene rings is 1. The minimum absolute atomic E-state index is 0.0575. The van der Waals surface area contributed by atoms with E-state index in [1.807, 2.05) is 6.92 Å². The van der Waals surface area contributed by atoms with E-state index >= 15 is 0 Å². The van der Waals surface area contributed by atoms with Gasteiger partial charge in [-0.3, -0.25) is 9.59 Å². The van der Waals surface area contributed by atoms with Crippen molar-refractivity contribution in [2.75, 3.05) is 6.54 Å². The molecule has 1 heterocycles. The molecule has 0 aliphatic carbocycles. The molecule has 1 aromatic carbocycles. The van der Waals surface area contributed by atoms with Crippen LogP contribution >= 0.6 is 0 Å². The normalized spacial score (nSPS) is 10.4. The Kier molecular flexibility index (Phi) is 3.23. The highest BCUT2D eigenvalue weighted by atomic mass is 16.3. The van der Waals surface area contributed by atoms with E-state index in [0.29, 0.717) is 17.5 Å². The number of fused-ring (bicyclic) bond motifs is 1. The summed E-state index contributed by atoms with van der Waals surface area (Å²) in [5, 5.41) is 3.15. The van der Waals surface area contributed by atoms with Gasteiger partial charge in [0, 0.05) is 12.6 Å². The van der Waals surface area contributed by atoms with Crippen LogP contribution in [0, 0.1) is 0 Å². The molecular formula is C13H13NO3. The minimum atomic E-state index is -0.352. The van der Waals surface area contributed by atoms with Crippen molar-refractivity contribution < 1.29 is 9.21 Å². The minimum Gasteiger partial charge on any atom is -0.451 e. The first-order valence-electron chi connectivity index (χ1n) is 5.53. The van der Waals surface area contributed by atoms with Crippen molar-refractivity contribution in [3.63, 3.8) is 0 Å². The number of para-hydroxylation sites is 1. The average Bonchev–Trinajstić information content (AvgIpc) is 2.36. The molecule has 0 radical (unpaired) electrons. The van der Waals surface area contributed by atoms with E-state index in [2.05, 4.69) is 5.32 Å². The number of nitrogens with one attached hydrogen (secondary N) is 1. The molecule has 0 bridgehead atoms. The summed E-state index contributed by atoms with van der Waals surface area (Å²) in [6, 6.07) is 8.10. The number of hydrogen-bond acceptors (Lipinski definition) is 3. The first kappa shape index (κ1) is 11.4. The number of hydrogen-bond donors (Lipinski definition) is 1. The summed E-state index contributed by atoms with van der Waals surface area (Å²) in [6.45, 7) is 2.52. The van der Waals surface area contributed by atoms with Crippen LogP contribution in [0.15, 0.2) is 39.5 Å². The van der Waals surface area contributed by atoms with Gasteiger partial charge in [-0.15, -0.1) is 0 Å². The summed E-state index contributed by atoms with van der Waals surface area (Å²) in [6.07, 6.45) is 0.837. The highest BCUT2D eigenvalue weighted by Crippen LogP contribution is 2.11. The molecule has 0 fully saturated rings. The van der Waals surface area contributed by atoms with Gasteiger partial charge in [-0.1, -0.05) is 19.1 Å². The molecule has 0 unspecified atom stereocenters. The monoisotopic (exact) mass is 231 g/mol. The van der Waals surface area contributed by atoms with Crippen LogP contribution in [0.3, 0.4) is 0 Å². The van der Waals surface area contributed by atoms with Gasteiger partial charge in [0.1, 0.15) is 5.58 Å². The summed E-state index contributed by atoms with van der Waals surface area (Å²) >= 11 is 0. The Bertz CT molecular complexity index is 601. The first-order valence-corrected chi connectivity index (χ1v) is 5.53. The lowest BCUT2D eigenvalue weighted by molar-refractivity contribution is 0.0926. The molecule has 2 rings (SSSR count). The summed E-state index contributed by atoms with van der Waals surface area (Å²) < 4.78 is 5.39. The van der Waals surface area contributed by atoms with E-state index in [1.165, 1.54) is 6.07 Å². The van der Waals surface area contributed by atoms with Gasteiger partial charge < -0.3 is 9.73 Å². The van der Waals surface area contributed by atoms with Crippen LogP contribution in [0.25, 0.3) is 11.0 Å². The summed E-state index contributed by atoms with van der Waals surface area (Å²) in [4.78, 5) is 23.4. The quantitative estimate of drug-likeness (QED) is 0.878. The van der Waals surface area contributed by atoms with Gasteiger partial charge in [0.15, 0.2) is 11.2 Å². The Morgan fingerprint density at radius 1 is 1.35 bits per heavy atom. The zero-order valence-electron chi connectivity index (χ0n) is 9.53. The fourth-order valence-corrected chi connectivity index (χ4v) is 1.54. The Morgan fingerprint density at radius 3 is 2.88 bits per heavy atom. The molecule has 0 aliphatic heterocycles. The van der Waals surface area contributed by atoms with Crippen LogP contribution in [0.4, 0.5) is 0 Å². The summed E-state index contributed by atoms with van der Waals surface area (Å²) in [5.41, 5.74) is 0.232. The van der Waals surface area contributed by atoms with E-state index in [4.69, 9.17) is 4.42 Å². The van der Waals surface area contributed by atoms with Crippen LogP contribution in [-0.4, -0.2) is 12.5 Å². The highest BCUT2D eigenvalue weighted by molar-refractivity contribution is 5.93. The SMILES string of the molecule is CCCNC(=O)c1cc(=O)c2ccccc2o1. The largest absolute Gasteiger partial charge is 0.451 e. The van der Waals surface area contributed by atoms with Gasteiger partial charge >= 0.3 is 0 Å². The van der Waals surface area contributed by atoms with Crippen LogP contribution in [0.1, 0.15) is 23.9 Å². The standard InChI is InChI=1S/C13H13NO3/c1-2-7-14-13(16)12-8-10(15)9-5-3-4-6-11(9)17-12/h3-6,8H,2,7H2,1H3,(H,14,16). The molecule has 0 aliphatic rings. The van der Waals surface area contributed by atoms with Crippen molar-refractivity contribution in [3.8, 4) is 0 Å². The molecule has 0 saturated carbocycles. The number of carbonyl (C=O) groups excluding carboxylic acids is 1. The molecule has 1 amide bonds. The Balaban J connectivity index is 2.43. The van der Waals surface area contributed by atoms with Gasteiger partial charge in [-0.05, 0) is 18.6 Å². The Labute approximate surface area is 98.3 Å². The molecule has 4 heteroatoms. The van der Waals surface area contributed by atoms with Gasteiger partial charge in [-0.2, -0.15) is 0 Å². The Hall–Kier alpha value is -2.10. The van der Waals surface area contributed by atoms with Gasteiger partial charge in [0.25, 0.3) is 5.91 Å². The molecule has 1 aromatic heterocycles. The zero-order valence-corrected chi connectivity index (χ0v) is 9.53. The second-order valence-corrected chi connectivity index (χ2v) is 3.73. The van der Waals surface area contributed by atoms with Gasteiger partial charge in [0.2, 0.25) is 0 Å². The third-order valence-corrected chi connectivity index (χ3v) is 2.39. The van der Waals surface area contributed by atoms with Crippen molar-refractivity contribution in [1.29, 1.82) is 0 Å². The van der Waals surface area contributed by atoms with Crippen LogP contribution < -0.4 is 10.7 Å². The van der Waals surface area contributed by atoms with E-state index in [1.54, 1.807) is 24.3 Å². The molecule has 88 valence electrons. The fourth-order valence-electron chi connectivity index (χ4n) is 1.54. The maximum absolute atomic E-state index is 11.7. The number of amides is 1. The maximum atomic E-state index is 11.7. The predicted molar refractivity (Wildman–Crippen MR) is 65.1 cm³/mol. The van der Waals surface area contributed by atoms with Crippen LogP contribution in [0.2, 0.25) is 0 Å². The van der Waals surface area contributed by atoms with Crippen molar-refractivity contribution >= 4 is 16.9 Å². The maximum Gasteiger partial charge on any atom is 0.287 e. The Morgan fingerprint density at radius 2 is 2.12 bits per heavy atom. The predicted octanol–water partition coefficient (Wildman–Crippen LogP) is 1.93. The topological polar surface area (TPSA) is 59.3 Å². The lowest BCUT2D eigenvalue weighted by Crippen LogP contribution is -2.25. The van der Waals surface area contributed by atoms with Crippen molar-refractivity contribution in [3.05, 3.63) is 46.3 Å². The lowest BCUT2D eigenvalue weighted by atomic mass is 10.2. The second-order valence-electron chi connectivity index (χ2n) is 3.73. The summed E-state index contributed by atoms with van der Waals surface area (Å²) in [7, 11) is 0. The van der Waals surface area contributed by atoms with Crippen LogP contribution in [-0.2, 0) is 0 Å². The zero-order chi connectivity index (χ0) is 12.3. The molecule has 1 N–H and O–H groups in total. The van der Waals surface area contributed by atoms with Crippen molar-refractivity contribution in [2.45, 2.75) is 13.3 Å². The van der Waals surface area contributed by atoms with Gasteiger partial charge in [-0.25, -0.2) is 0 Å². The third-order valence-electron chi connectivity index (χ3n) is 2.39. The van der Waals surface area contributed by atoms with Crippen molar-refractivity contribution in [2.24, 2.45) is 0 Å². The fraction of sp³-hybridized carbons (Fsp3) is 0.231. The summed E-state index contributed by atoms with van der Waals surface area (Å²) in [5.74, 6) is -0.295. The van der Waals surface area contributed by atoms with Gasteiger partial charge in [0.05, 0.1) is 5.39 Å². The molecule has 0 saturated heterocycles. The van der Waals surface area contributed by atoms with Crippen molar-refractivity contribution in [1.82, 2.24) is 5.32 Å². The van der Waals surface area contributed by atoms with E-state index in [9.17, 15) is 9.59 Å². The second kappa shape index (κ2) is 4.82. The lowest BCUT2D eigenvalue weighted by Gasteiger charge is -2.03. The average molecular weight is 231 g/mol. The van der Waals surface area contributed by atoms with E-state index in [-0.39, 0.29) is 17.1 Å². The molecule has 4 nitrogen and oxygen atoms in total. The number of rotatable bonds is 3.